The summed E-state index contributed by atoms with van der Waals surface area (Å²) in [5.41, 5.74) is 2.70. The second-order valence-corrected chi connectivity index (χ2v) is 6.32. The van der Waals surface area contributed by atoms with Crippen LogP contribution in [0, 0.1) is 19.8 Å². The van der Waals surface area contributed by atoms with Gasteiger partial charge in [0, 0.05) is 17.8 Å². The number of esters is 2. The van der Waals surface area contributed by atoms with Gasteiger partial charge >= 0.3 is 11.9 Å². The first-order chi connectivity index (χ1) is 11.8. The van der Waals surface area contributed by atoms with Crippen LogP contribution < -0.4 is 0 Å². The molecule has 0 spiro atoms. The number of aryl methyl sites for hydroxylation is 1. The van der Waals surface area contributed by atoms with Crippen molar-refractivity contribution in [1.82, 2.24) is 9.78 Å². The third kappa shape index (κ3) is 4.71. The lowest BCUT2D eigenvalue weighted by atomic mass is 10.1. The summed E-state index contributed by atoms with van der Waals surface area (Å²) in [6, 6.07) is 3.07. The first-order valence-corrected chi connectivity index (χ1v) is 8.17. The molecule has 7 nitrogen and oxygen atoms in total. The van der Waals surface area contributed by atoms with E-state index in [4.69, 9.17) is 9.15 Å². The highest BCUT2D eigenvalue weighted by molar-refractivity contribution is 5.86. The van der Waals surface area contributed by atoms with Crippen LogP contribution >= 0.6 is 0 Å². The molecule has 0 saturated carbocycles. The van der Waals surface area contributed by atoms with Crippen molar-refractivity contribution in [2.24, 2.45) is 5.92 Å². The normalized spacial score (nSPS) is 11.0. The first-order valence-electron chi connectivity index (χ1n) is 8.17. The molecule has 0 aliphatic heterocycles. The van der Waals surface area contributed by atoms with E-state index in [1.165, 1.54) is 13.2 Å². The number of furan rings is 1. The first kappa shape index (κ1) is 18.8. The topological polar surface area (TPSA) is 83.6 Å². The molecular formula is C18H24N2O5. The molecule has 136 valence electrons. The van der Waals surface area contributed by atoms with Gasteiger partial charge in [0.2, 0.25) is 5.76 Å². The Bertz CT molecular complexity index is 758. The number of carbonyl (C=O) groups excluding carboxylic acids is 2. The fourth-order valence-electron chi connectivity index (χ4n) is 2.53. The van der Waals surface area contributed by atoms with E-state index in [0.717, 1.165) is 23.5 Å². The predicted octanol–water partition coefficient (Wildman–Crippen LogP) is 2.82. The third-order valence-electron chi connectivity index (χ3n) is 3.81. The summed E-state index contributed by atoms with van der Waals surface area (Å²) < 4.78 is 17.0. The van der Waals surface area contributed by atoms with Gasteiger partial charge in [-0.15, -0.1) is 0 Å². The Labute approximate surface area is 146 Å². The molecule has 0 atom stereocenters. The van der Waals surface area contributed by atoms with Gasteiger partial charge in [0.25, 0.3) is 0 Å². The molecule has 0 aliphatic carbocycles. The van der Waals surface area contributed by atoms with Crippen molar-refractivity contribution in [3.8, 4) is 0 Å². The van der Waals surface area contributed by atoms with Crippen LogP contribution in [0.5, 0.6) is 0 Å². The van der Waals surface area contributed by atoms with Crippen LogP contribution in [0.25, 0.3) is 0 Å². The van der Waals surface area contributed by atoms with Crippen molar-refractivity contribution in [1.29, 1.82) is 0 Å². The SMILES string of the molecule is COC(=O)c1ccc(COC(=O)Cc2c(C)nn(CC(C)C)c2C)o1. The lowest BCUT2D eigenvalue weighted by molar-refractivity contribution is -0.144. The van der Waals surface area contributed by atoms with E-state index in [9.17, 15) is 9.59 Å². The number of hydrogen-bond acceptors (Lipinski definition) is 6. The molecule has 2 heterocycles. The molecule has 7 heteroatoms. The Morgan fingerprint density at radius 3 is 2.64 bits per heavy atom. The quantitative estimate of drug-likeness (QED) is 0.716. The maximum atomic E-state index is 12.1. The second kappa shape index (κ2) is 8.00. The van der Waals surface area contributed by atoms with Crippen LogP contribution in [0.3, 0.4) is 0 Å². The van der Waals surface area contributed by atoms with Crippen molar-refractivity contribution in [2.45, 2.75) is 47.3 Å². The maximum absolute atomic E-state index is 12.1. The average Bonchev–Trinajstić information content (AvgIpc) is 3.12. The molecule has 0 aliphatic rings. The molecular weight excluding hydrogens is 324 g/mol. The number of nitrogens with zero attached hydrogens (tertiary/aromatic N) is 2. The molecule has 0 fully saturated rings. The van der Waals surface area contributed by atoms with Gasteiger partial charge < -0.3 is 13.9 Å². The van der Waals surface area contributed by atoms with Gasteiger partial charge in [-0.2, -0.15) is 5.10 Å². The Morgan fingerprint density at radius 2 is 2.00 bits per heavy atom. The Kier molecular flexibility index (Phi) is 6.01. The van der Waals surface area contributed by atoms with Gasteiger partial charge in [0.1, 0.15) is 12.4 Å². The molecule has 2 aromatic rings. The highest BCUT2D eigenvalue weighted by atomic mass is 16.5. The van der Waals surface area contributed by atoms with Crippen molar-refractivity contribution < 1.29 is 23.5 Å². The number of hydrogen-bond donors (Lipinski definition) is 0. The van der Waals surface area contributed by atoms with E-state index < -0.39 is 5.97 Å². The van der Waals surface area contributed by atoms with E-state index in [-0.39, 0.29) is 24.8 Å². The van der Waals surface area contributed by atoms with Crippen molar-refractivity contribution >= 4 is 11.9 Å². The molecule has 0 radical (unpaired) electrons. The summed E-state index contributed by atoms with van der Waals surface area (Å²) in [4.78, 5) is 23.5. The van der Waals surface area contributed by atoms with Gasteiger partial charge in [0.05, 0.1) is 19.2 Å². The molecule has 0 saturated heterocycles. The van der Waals surface area contributed by atoms with E-state index in [1.807, 2.05) is 18.5 Å². The monoisotopic (exact) mass is 348 g/mol. The third-order valence-corrected chi connectivity index (χ3v) is 3.81. The minimum Gasteiger partial charge on any atom is -0.463 e. The van der Waals surface area contributed by atoms with E-state index >= 15 is 0 Å². The van der Waals surface area contributed by atoms with Gasteiger partial charge in [-0.05, 0) is 31.9 Å². The Hall–Kier alpha value is -2.57. The van der Waals surface area contributed by atoms with Gasteiger partial charge in [-0.25, -0.2) is 4.79 Å². The Balaban J connectivity index is 1.95. The fourth-order valence-corrected chi connectivity index (χ4v) is 2.53. The van der Waals surface area contributed by atoms with Crippen LogP contribution in [-0.4, -0.2) is 28.8 Å². The number of aromatic nitrogens is 2. The summed E-state index contributed by atoms with van der Waals surface area (Å²) in [5.74, 6) is 0.00126. The number of methoxy groups -OCH3 is 1. The largest absolute Gasteiger partial charge is 0.463 e. The zero-order valence-corrected chi connectivity index (χ0v) is 15.3. The van der Waals surface area contributed by atoms with E-state index in [0.29, 0.717) is 11.7 Å². The standard InChI is InChI=1S/C18H24N2O5/c1-11(2)9-20-13(4)15(12(3)19-20)8-17(21)24-10-14-6-7-16(25-14)18(22)23-5/h6-7,11H,8-10H2,1-5H3. The number of ether oxygens (including phenoxy) is 2. The van der Waals surface area contributed by atoms with Crippen LogP contribution in [0.4, 0.5) is 0 Å². The zero-order valence-electron chi connectivity index (χ0n) is 15.3. The number of rotatable bonds is 7. The van der Waals surface area contributed by atoms with Crippen molar-refractivity contribution in [3.05, 3.63) is 40.6 Å². The minimum atomic E-state index is -0.568. The number of carbonyl (C=O) groups is 2. The van der Waals surface area contributed by atoms with Crippen molar-refractivity contribution in [2.75, 3.05) is 7.11 Å². The minimum absolute atomic E-state index is 0.0337. The summed E-state index contributed by atoms with van der Waals surface area (Å²) in [6.45, 7) is 8.87. The average molecular weight is 348 g/mol. The molecule has 2 rings (SSSR count). The van der Waals surface area contributed by atoms with Gasteiger partial charge in [-0.1, -0.05) is 13.8 Å². The molecule has 25 heavy (non-hydrogen) atoms. The summed E-state index contributed by atoms with van der Waals surface area (Å²) >= 11 is 0. The lowest BCUT2D eigenvalue weighted by Gasteiger charge is -2.08. The summed E-state index contributed by atoms with van der Waals surface area (Å²) in [5, 5.41) is 4.49. The molecule has 0 amide bonds. The Morgan fingerprint density at radius 1 is 1.28 bits per heavy atom. The van der Waals surface area contributed by atoms with Crippen LogP contribution in [-0.2, 0) is 33.8 Å². The highest BCUT2D eigenvalue weighted by Gasteiger charge is 2.17. The molecule has 0 N–H and O–H groups in total. The van der Waals surface area contributed by atoms with E-state index in [2.05, 4.69) is 23.7 Å². The second-order valence-electron chi connectivity index (χ2n) is 6.32. The molecule has 0 bridgehead atoms. The molecule has 0 aromatic carbocycles. The van der Waals surface area contributed by atoms with E-state index in [1.54, 1.807) is 6.07 Å². The molecule has 0 unspecified atom stereocenters. The molecule has 2 aromatic heterocycles. The van der Waals surface area contributed by atoms with Gasteiger partial charge in [0.15, 0.2) is 0 Å². The van der Waals surface area contributed by atoms with Crippen LogP contribution in [0.15, 0.2) is 16.5 Å². The maximum Gasteiger partial charge on any atom is 0.373 e. The van der Waals surface area contributed by atoms with Gasteiger partial charge in [-0.3, -0.25) is 9.48 Å². The zero-order chi connectivity index (χ0) is 18.6. The summed E-state index contributed by atoms with van der Waals surface area (Å²) in [7, 11) is 1.27. The smallest absolute Gasteiger partial charge is 0.373 e. The van der Waals surface area contributed by atoms with Crippen LogP contribution in [0.2, 0.25) is 0 Å². The van der Waals surface area contributed by atoms with Crippen molar-refractivity contribution in [3.63, 3.8) is 0 Å². The van der Waals surface area contributed by atoms with Crippen LogP contribution in [0.1, 0.15) is 47.1 Å². The predicted molar refractivity (Wildman–Crippen MR) is 90.1 cm³/mol. The lowest BCUT2D eigenvalue weighted by Crippen LogP contribution is -2.10. The summed E-state index contributed by atoms with van der Waals surface area (Å²) in [6.07, 6.45) is 0.153. The highest BCUT2D eigenvalue weighted by Crippen LogP contribution is 2.17. The fraction of sp³-hybridized carbons (Fsp3) is 0.500.